The van der Waals surface area contributed by atoms with Crippen LogP contribution >= 0.6 is 0 Å². The van der Waals surface area contributed by atoms with Gasteiger partial charge in [0.2, 0.25) is 5.91 Å². The van der Waals surface area contributed by atoms with Crippen molar-refractivity contribution in [2.75, 3.05) is 20.1 Å². The molecule has 1 saturated carbocycles. The topological polar surface area (TPSA) is 98.7 Å². The van der Waals surface area contributed by atoms with Crippen molar-refractivity contribution >= 4 is 17.9 Å². The van der Waals surface area contributed by atoms with Crippen LogP contribution in [0.1, 0.15) is 38.5 Å². The molecule has 0 bridgehead atoms. The quantitative estimate of drug-likeness (QED) is 0.705. The Morgan fingerprint density at radius 1 is 1.24 bits per heavy atom. The predicted molar refractivity (Wildman–Crippen MR) is 75.7 cm³/mol. The normalized spacial score (nSPS) is 21.3. The second-order valence-electron chi connectivity index (χ2n) is 6.01. The lowest BCUT2D eigenvalue weighted by atomic mass is 9.74. The summed E-state index contributed by atoms with van der Waals surface area (Å²) in [5.41, 5.74) is -0.569. The maximum Gasteiger partial charge on any atom is 0.317 e. The monoisotopic (exact) mass is 297 g/mol. The molecule has 0 aromatic rings. The smallest absolute Gasteiger partial charge is 0.317 e. The number of rotatable bonds is 4. The van der Waals surface area contributed by atoms with E-state index in [4.69, 9.17) is 5.11 Å². The second-order valence-corrected chi connectivity index (χ2v) is 6.01. The number of hydrogen-bond donors (Lipinski definition) is 3. The highest BCUT2D eigenvalue weighted by Gasteiger charge is 2.41. The van der Waals surface area contributed by atoms with Crippen molar-refractivity contribution < 1.29 is 19.5 Å². The van der Waals surface area contributed by atoms with Gasteiger partial charge in [-0.1, -0.05) is 0 Å². The molecule has 2 fully saturated rings. The van der Waals surface area contributed by atoms with Gasteiger partial charge in [0.15, 0.2) is 0 Å². The fourth-order valence-electron chi connectivity index (χ4n) is 3.09. The van der Waals surface area contributed by atoms with E-state index >= 15 is 0 Å². The highest BCUT2D eigenvalue weighted by atomic mass is 16.4. The van der Waals surface area contributed by atoms with Crippen molar-refractivity contribution in [3.63, 3.8) is 0 Å². The highest BCUT2D eigenvalue weighted by Crippen LogP contribution is 2.35. The zero-order valence-corrected chi connectivity index (χ0v) is 12.4. The molecule has 7 heteroatoms. The molecule has 1 aliphatic carbocycles. The number of carbonyl (C=O) groups excluding carboxylic acids is 2. The summed E-state index contributed by atoms with van der Waals surface area (Å²) in [5, 5.41) is 14.5. The number of carbonyl (C=O) groups is 3. The number of urea groups is 1. The summed E-state index contributed by atoms with van der Waals surface area (Å²) in [6.07, 6.45) is 3.68. The maximum atomic E-state index is 12.3. The number of hydrogen-bond acceptors (Lipinski definition) is 3. The summed E-state index contributed by atoms with van der Waals surface area (Å²) in [6.45, 7) is 1.07. The van der Waals surface area contributed by atoms with E-state index in [2.05, 4.69) is 10.6 Å². The van der Waals surface area contributed by atoms with Gasteiger partial charge in [0.05, 0.1) is 12.0 Å². The van der Waals surface area contributed by atoms with Crippen molar-refractivity contribution in [1.82, 2.24) is 15.5 Å². The van der Waals surface area contributed by atoms with Crippen LogP contribution in [0.15, 0.2) is 0 Å². The van der Waals surface area contributed by atoms with E-state index in [0.29, 0.717) is 25.9 Å². The average molecular weight is 297 g/mol. The molecule has 0 spiro atoms. The van der Waals surface area contributed by atoms with E-state index in [-0.39, 0.29) is 24.3 Å². The summed E-state index contributed by atoms with van der Waals surface area (Å²) in [5.74, 6) is -0.888. The van der Waals surface area contributed by atoms with E-state index in [1.807, 2.05) is 0 Å². The molecule has 0 unspecified atom stereocenters. The Morgan fingerprint density at radius 3 is 2.29 bits per heavy atom. The fraction of sp³-hybridized carbons (Fsp3) is 0.786. The molecule has 3 N–H and O–H groups in total. The van der Waals surface area contributed by atoms with Crippen LogP contribution < -0.4 is 10.6 Å². The van der Waals surface area contributed by atoms with Crippen LogP contribution in [0.2, 0.25) is 0 Å². The molecule has 7 nitrogen and oxygen atoms in total. The predicted octanol–water partition coefficient (Wildman–Crippen LogP) is 0.551. The number of aliphatic carboxylic acids is 1. The zero-order chi connectivity index (χ0) is 15.5. The van der Waals surface area contributed by atoms with Gasteiger partial charge in [0, 0.05) is 26.1 Å². The fourth-order valence-corrected chi connectivity index (χ4v) is 3.09. The molecule has 1 aliphatic heterocycles. The molecule has 118 valence electrons. The molecule has 2 aliphatic rings. The van der Waals surface area contributed by atoms with Crippen molar-refractivity contribution in [2.24, 2.45) is 5.92 Å². The number of nitrogens with zero attached hydrogens (tertiary/aromatic N) is 1. The molecule has 0 aromatic heterocycles. The molecule has 2 rings (SSSR count). The molecule has 3 amide bonds. The highest BCUT2D eigenvalue weighted by molar-refractivity contribution is 5.80. The Bertz CT molecular complexity index is 426. The van der Waals surface area contributed by atoms with Gasteiger partial charge in [-0.2, -0.15) is 0 Å². The molecule has 21 heavy (non-hydrogen) atoms. The number of nitrogens with one attached hydrogen (secondary N) is 2. The van der Waals surface area contributed by atoms with Gasteiger partial charge in [0.25, 0.3) is 0 Å². The Labute approximate surface area is 124 Å². The van der Waals surface area contributed by atoms with E-state index in [1.165, 1.54) is 0 Å². The average Bonchev–Trinajstić information content (AvgIpc) is 2.43. The van der Waals surface area contributed by atoms with Crippen molar-refractivity contribution in [3.8, 4) is 0 Å². The minimum absolute atomic E-state index is 0.0204. The number of amides is 3. The van der Waals surface area contributed by atoms with Crippen LogP contribution in [0.4, 0.5) is 4.79 Å². The van der Waals surface area contributed by atoms with Gasteiger partial charge in [-0.15, -0.1) is 0 Å². The molecule has 0 radical (unpaired) electrons. The lowest BCUT2D eigenvalue weighted by Crippen LogP contribution is -2.59. The Kier molecular flexibility index (Phi) is 4.69. The number of carboxylic acid groups (broad SMARTS) is 1. The third-order valence-electron chi connectivity index (χ3n) is 4.57. The minimum Gasteiger partial charge on any atom is -0.481 e. The first-order chi connectivity index (χ1) is 9.96. The van der Waals surface area contributed by atoms with Crippen LogP contribution in [0.3, 0.4) is 0 Å². The minimum atomic E-state index is -0.881. The largest absolute Gasteiger partial charge is 0.481 e. The molecule has 0 aromatic carbocycles. The first-order valence-corrected chi connectivity index (χ1v) is 7.46. The van der Waals surface area contributed by atoms with Gasteiger partial charge < -0.3 is 20.6 Å². The van der Waals surface area contributed by atoms with Crippen LogP contribution in [0, 0.1) is 5.92 Å². The van der Waals surface area contributed by atoms with Gasteiger partial charge in [-0.3, -0.25) is 9.59 Å². The standard InChI is InChI=1S/C14H23N3O4/c1-15-12(20)10-3-7-17(8-4-10)13(21)16-14(5-2-6-14)9-11(18)19/h10H,2-9H2,1H3,(H,15,20)(H,16,21)(H,18,19). The first kappa shape index (κ1) is 15.6. The molecule has 1 saturated heterocycles. The Morgan fingerprint density at radius 2 is 1.86 bits per heavy atom. The third kappa shape index (κ3) is 3.65. The van der Waals surface area contributed by atoms with Gasteiger partial charge in [0.1, 0.15) is 0 Å². The molecule has 0 atom stereocenters. The van der Waals surface area contributed by atoms with E-state index in [1.54, 1.807) is 11.9 Å². The molecular formula is C14H23N3O4. The van der Waals surface area contributed by atoms with Crippen molar-refractivity contribution in [3.05, 3.63) is 0 Å². The summed E-state index contributed by atoms with van der Waals surface area (Å²) in [6, 6.07) is -0.202. The Balaban J connectivity index is 1.84. The SMILES string of the molecule is CNC(=O)C1CCN(C(=O)NC2(CC(=O)O)CCC2)CC1. The number of likely N-dealkylation sites (tertiary alicyclic amines) is 1. The summed E-state index contributed by atoms with van der Waals surface area (Å²) >= 11 is 0. The first-order valence-electron chi connectivity index (χ1n) is 7.46. The number of piperidine rings is 1. The van der Waals surface area contributed by atoms with Crippen molar-refractivity contribution in [1.29, 1.82) is 0 Å². The van der Waals surface area contributed by atoms with Crippen molar-refractivity contribution in [2.45, 2.75) is 44.1 Å². The summed E-state index contributed by atoms with van der Waals surface area (Å²) in [4.78, 5) is 36.4. The maximum absolute atomic E-state index is 12.3. The van der Waals surface area contributed by atoms with E-state index in [9.17, 15) is 14.4 Å². The molecule has 1 heterocycles. The summed E-state index contributed by atoms with van der Waals surface area (Å²) < 4.78 is 0. The second kappa shape index (κ2) is 6.32. The third-order valence-corrected chi connectivity index (χ3v) is 4.57. The van der Waals surface area contributed by atoms with Crippen LogP contribution in [0.25, 0.3) is 0 Å². The van der Waals surface area contributed by atoms with Gasteiger partial charge in [-0.05, 0) is 32.1 Å². The zero-order valence-electron chi connectivity index (χ0n) is 12.4. The van der Waals surface area contributed by atoms with Crippen LogP contribution in [-0.2, 0) is 9.59 Å². The lowest BCUT2D eigenvalue weighted by Gasteiger charge is -2.43. The lowest BCUT2D eigenvalue weighted by molar-refractivity contribution is -0.139. The van der Waals surface area contributed by atoms with E-state index in [0.717, 1.165) is 19.3 Å². The summed E-state index contributed by atoms with van der Waals surface area (Å²) in [7, 11) is 1.62. The van der Waals surface area contributed by atoms with E-state index < -0.39 is 11.5 Å². The van der Waals surface area contributed by atoms with Gasteiger partial charge in [-0.25, -0.2) is 4.79 Å². The van der Waals surface area contributed by atoms with Gasteiger partial charge >= 0.3 is 12.0 Å². The molecular weight excluding hydrogens is 274 g/mol. The Hall–Kier alpha value is -1.79. The number of carboxylic acids is 1. The van der Waals surface area contributed by atoms with Crippen LogP contribution in [0.5, 0.6) is 0 Å². The van der Waals surface area contributed by atoms with Crippen LogP contribution in [-0.4, -0.2) is 53.6 Å².